The van der Waals surface area contributed by atoms with Crippen molar-refractivity contribution in [2.75, 3.05) is 0 Å². The predicted molar refractivity (Wildman–Crippen MR) is 46.2 cm³/mol. The maximum Gasteiger partial charge on any atom is 0.217 e. The molecule has 1 heterocycles. The molecule has 1 saturated heterocycles. The highest BCUT2D eigenvalue weighted by Crippen LogP contribution is 2.19. The molecular formula is C8H15NO5. The van der Waals surface area contributed by atoms with E-state index in [0.717, 1.165) is 0 Å². The predicted octanol–water partition coefficient (Wildman–Crippen LogP) is -2.05. The summed E-state index contributed by atoms with van der Waals surface area (Å²) in [5.41, 5.74) is 0. The van der Waals surface area contributed by atoms with Gasteiger partial charge in [-0.15, -0.1) is 0 Å². The fourth-order valence-electron chi connectivity index (χ4n) is 1.48. The average Bonchev–Trinajstić information content (AvgIpc) is 2.09. The number of hydrogen-bond donors (Lipinski definition) is 4. The van der Waals surface area contributed by atoms with Crippen LogP contribution in [0.3, 0.4) is 0 Å². The summed E-state index contributed by atoms with van der Waals surface area (Å²) in [6, 6.07) is -0.703. The summed E-state index contributed by atoms with van der Waals surface area (Å²) in [4.78, 5) is 10.8. The Kier molecular flexibility index (Phi) is 3.43. The molecule has 0 radical (unpaired) electrons. The number of carbonyl (C=O) groups excluding carboxylic acids is 1. The van der Waals surface area contributed by atoms with Crippen LogP contribution in [-0.4, -0.2) is 51.9 Å². The summed E-state index contributed by atoms with van der Waals surface area (Å²) in [7, 11) is 0. The van der Waals surface area contributed by atoms with Gasteiger partial charge in [0.05, 0.1) is 12.1 Å². The quantitative estimate of drug-likeness (QED) is 0.395. The molecular weight excluding hydrogens is 190 g/mol. The SMILES string of the molecule is CC(=O)N[C@@H]1[C@H](O)[C@@H](O)C(O)O[C@@H]1C. The number of amides is 1. The Labute approximate surface area is 81.5 Å². The number of carbonyl (C=O) groups is 1. The summed E-state index contributed by atoms with van der Waals surface area (Å²) in [5, 5.41) is 30.4. The van der Waals surface area contributed by atoms with E-state index in [2.05, 4.69) is 5.32 Å². The van der Waals surface area contributed by atoms with E-state index in [0.29, 0.717) is 0 Å². The van der Waals surface area contributed by atoms with E-state index in [4.69, 9.17) is 9.84 Å². The molecule has 82 valence electrons. The van der Waals surface area contributed by atoms with Gasteiger partial charge in [-0.3, -0.25) is 4.79 Å². The van der Waals surface area contributed by atoms with Crippen LogP contribution in [0.1, 0.15) is 13.8 Å². The first-order valence-electron chi connectivity index (χ1n) is 4.40. The molecule has 1 fully saturated rings. The van der Waals surface area contributed by atoms with Crippen LogP contribution in [0.25, 0.3) is 0 Å². The molecule has 5 atom stereocenters. The van der Waals surface area contributed by atoms with E-state index in [1.165, 1.54) is 6.92 Å². The number of hydrogen-bond acceptors (Lipinski definition) is 5. The summed E-state index contributed by atoms with van der Waals surface area (Å²) < 4.78 is 4.91. The van der Waals surface area contributed by atoms with E-state index >= 15 is 0 Å². The summed E-state index contributed by atoms with van der Waals surface area (Å²) in [5.74, 6) is -0.326. The second-order valence-electron chi connectivity index (χ2n) is 3.44. The van der Waals surface area contributed by atoms with Gasteiger partial charge < -0.3 is 25.4 Å². The molecule has 0 spiro atoms. The van der Waals surface area contributed by atoms with E-state index < -0.39 is 30.6 Å². The van der Waals surface area contributed by atoms with Crippen LogP contribution >= 0.6 is 0 Å². The van der Waals surface area contributed by atoms with E-state index in [9.17, 15) is 15.0 Å². The lowest BCUT2D eigenvalue weighted by molar-refractivity contribution is -0.253. The summed E-state index contributed by atoms with van der Waals surface area (Å²) in [6.07, 6.45) is -4.59. The van der Waals surface area contributed by atoms with Crippen LogP contribution in [0.15, 0.2) is 0 Å². The van der Waals surface area contributed by atoms with E-state index in [1.807, 2.05) is 0 Å². The van der Waals surface area contributed by atoms with E-state index in [-0.39, 0.29) is 5.91 Å². The minimum Gasteiger partial charge on any atom is -0.388 e. The lowest BCUT2D eigenvalue weighted by Gasteiger charge is -2.39. The van der Waals surface area contributed by atoms with Crippen LogP contribution in [0.2, 0.25) is 0 Å². The fourth-order valence-corrected chi connectivity index (χ4v) is 1.48. The van der Waals surface area contributed by atoms with Gasteiger partial charge in [0.15, 0.2) is 6.29 Å². The lowest BCUT2D eigenvalue weighted by Crippen LogP contribution is -2.62. The summed E-state index contributed by atoms with van der Waals surface area (Å²) >= 11 is 0. The van der Waals surface area contributed by atoms with Gasteiger partial charge in [-0.05, 0) is 6.92 Å². The van der Waals surface area contributed by atoms with Crippen LogP contribution in [0.5, 0.6) is 0 Å². The number of ether oxygens (including phenoxy) is 1. The Morgan fingerprint density at radius 1 is 1.29 bits per heavy atom. The number of aliphatic hydroxyl groups excluding tert-OH is 3. The molecule has 1 aliphatic heterocycles. The molecule has 0 saturated carbocycles. The van der Waals surface area contributed by atoms with Crippen molar-refractivity contribution in [3.8, 4) is 0 Å². The Hall–Kier alpha value is -0.690. The van der Waals surface area contributed by atoms with E-state index in [1.54, 1.807) is 6.92 Å². The fraction of sp³-hybridized carbons (Fsp3) is 0.875. The van der Waals surface area contributed by atoms with Crippen molar-refractivity contribution in [2.45, 2.75) is 44.5 Å². The minimum absolute atomic E-state index is 0.326. The van der Waals surface area contributed by atoms with Gasteiger partial charge in [-0.25, -0.2) is 0 Å². The van der Waals surface area contributed by atoms with Crippen molar-refractivity contribution in [3.63, 3.8) is 0 Å². The molecule has 0 aliphatic carbocycles. The standard InChI is InChI=1S/C8H15NO5/c1-3-5(9-4(2)10)6(11)7(12)8(13)14-3/h3,5-8,11-13H,1-2H3,(H,9,10)/t3-,5+,6+,7-,8?/m1/s1. The van der Waals surface area contributed by atoms with Crippen LogP contribution in [0.4, 0.5) is 0 Å². The third kappa shape index (κ3) is 2.21. The first kappa shape index (κ1) is 11.4. The zero-order valence-corrected chi connectivity index (χ0v) is 8.04. The zero-order chi connectivity index (χ0) is 10.9. The lowest BCUT2D eigenvalue weighted by atomic mass is 9.97. The third-order valence-corrected chi connectivity index (χ3v) is 2.24. The molecule has 0 aromatic rings. The van der Waals surface area contributed by atoms with Gasteiger partial charge in [0, 0.05) is 6.92 Å². The molecule has 0 aromatic carbocycles. The van der Waals surface area contributed by atoms with Crippen LogP contribution in [0, 0.1) is 0 Å². The number of rotatable bonds is 1. The van der Waals surface area contributed by atoms with Crippen molar-refractivity contribution in [1.82, 2.24) is 5.32 Å². The largest absolute Gasteiger partial charge is 0.388 e. The van der Waals surface area contributed by atoms with Gasteiger partial charge >= 0.3 is 0 Å². The second-order valence-corrected chi connectivity index (χ2v) is 3.44. The molecule has 1 unspecified atom stereocenters. The second kappa shape index (κ2) is 4.22. The monoisotopic (exact) mass is 205 g/mol. The smallest absolute Gasteiger partial charge is 0.217 e. The van der Waals surface area contributed by atoms with Crippen LogP contribution < -0.4 is 5.32 Å². The molecule has 14 heavy (non-hydrogen) atoms. The minimum atomic E-state index is -1.41. The first-order valence-corrected chi connectivity index (χ1v) is 4.40. The normalized spacial score (nSPS) is 43.4. The maximum absolute atomic E-state index is 10.8. The van der Waals surface area contributed by atoms with Crippen molar-refractivity contribution in [3.05, 3.63) is 0 Å². The highest BCUT2D eigenvalue weighted by atomic mass is 16.6. The maximum atomic E-state index is 10.8. The molecule has 1 amide bonds. The van der Waals surface area contributed by atoms with Crippen molar-refractivity contribution >= 4 is 5.91 Å². The highest BCUT2D eigenvalue weighted by Gasteiger charge is 2.42. The van der Waals surface area contributed by atoms with Crippen molar-refractivity contribution < 1.29 is 24.9 Å². The topological polar surface area (TPSA) is 99.0 Å². The highest BCUT2D eigenvalue weighted by molar-refractivity contribution is 5.73. The summed E-state index contributed by atoms with van der Waals surface area (Å²) in [6.45, 7) is 2.90. The van der Waals surface area contributed by atoms with Gasteiger partial charge in [0.1, 0.15) is 12.2 Å². The molecule has 1 aliphatic rings. The van der Waals surface area contributed by atoms with Crippen molar-refractivity contribution in [2.24, 2.45) is 0 Å². The van der Waals surface area contributed by atoms with Gasteiger partial charge in [-0.1, -0.05) is 0 Å². The third-order valence-electron chi connectivity index (χ3n) is 2.24. The van der Waals surface area contributed by atoms with Crippen molar-refractivity contribution in [1.29, 1.82) is 0 Å². The van der Waals surface area contributed by atoms with Gasteiger partial charge in [-0.2, -0.15) is 0 Å². The molecule has 0 aromatic heterocycles. The zero-order valence-electron chi connectivity index (χ0n) is 8.04. The molecule has 4 N–H and O–H groups in total. The van der Waals surface area contributed by atoms with Gasteiger partial charge in [0.25, 0.3) is 0 Å². The Morgan fingerprint density at radius 2 is 1.86 bits per heavy atom. The van der Waals surface area contributed by atoms with Crippen LogP contribution in [-0.2, 0) is 9.53 Å². The Morgan fingerprint density at radius 3 is 2.36 bits per heavy atom. The average molecular weight is 205 g/mol. The molecule has 1 rings (SSSR count). The molecule has 6 nitrogen and oxygen atoms in total. The molecule has 6 heteroatoms. The Bertz CT molecular complexity index is 222. The molecule has 0 bridgehead atoms. The first-order chi connectivity index (χ1) is 6.43. The number of aliphatic hydroxyl groups is 3. The van der Waals surface area contributed by atoms with Gasteiger partial charge in [0.2, 0.25) is 5.91 Å². The number of nitrogens with one attached hydrogen (secondary N) is 1. The Balaban J connectivity index is 2.68.